The predicted molar refractivity (Wildman–Crippen MR) is 71.8 cm³/mol. The van der Waals surface area contributed by atoms with Crippen molar-refractivity contribution < 1.29 is 14.3 Å². The smallest absolute Gasteiger partial charge is 0.264 e. The van der Waals surface area contributed by atoms with Crippen LogP contribution in [0, 0.1) is 0 Å². The van der Waals surface area contributed by atoms with Crippen LogP contribution in [0.2, 0.25) is 0 Å². The number of nitrogens with zero attached hydrogens (tertiary/aromatic N) is 1. The fraction of sp³-hybridized carbons (Fsp3) is 0.583. The van der Waals surface area contributed by atoms with Gasteiger partial charge in [-0.2, -0.15) is 0 Å². The number of hydrogen-bond donors (Lipinski definition) is 0. The van der Waals surface area contributed by atoms with Gasteiger partial charge in [-0.05, 0) is 6.92 Å². The zero-order chi connectivity index (χ0) is 13.1. The fourth-order valence-corrected chi connectivity index (χ4v) is 2.98. The van der Waals surface area contributed by atoms with E-state index in [0.717, 1.165) is 5.75 Å². The van der Waals surface area contributed by atoms with Crippen LogP contribution in [0.5, 0.6) is 5.75 Å². The molecule has 1 aromatic heterocycles. The molecule has 6 heteroatoms. The Balaban J connectivity index is 2.07. The fourth-order valence-electron chi connectivity index (χ4n) is 1.99. The maximum Gasteiger partial charge on any atom is 0.264 e. The van der Waals surface area contributed by atoms with E-state index in [9.17, 15) is 4.79 Å². The molecule has 1 aliphatic heterocycles. The van der Waals surface area contributed by atoms with Crippen LogP contribution in [0.4, 0.5) is 0 Å². The third-order valence-corrected chi connectivity index (χ3v) is 4.05. The standard InChI is InChI=1S/C12H16ClNO3S/c1-8-5-14(6-10(4-13)17-8)12(15)11-3-9(16-2)7-18-11/h3,7-8,10H,4-6H2,1-2H3. The van der Waals surface area contributed by atoms with E-state index >= 15 is 0 Å². The van der Waals surface area contributed by atoms with Gasteiger partial charge in [0.25, 0.3) is 5.91 Å². The highest BCUT2D eigenvalue weighted by atomic mass is 35.5. The van der Waals surface area contributed by atoms with Gasteiger partial charge in [0.15, 0.2) is 0 Å². The van der Waals surface area contributed by atoms with E-state index in [1.165, 1.54) is 11.3 Å². The number of hydrogen-bond acceptors (Lipinski definition) is 4. The molecule has 0 saturated carbocycles. The average Bonchev–Trinajstić information content (AvgIpc) is 2.85. The maximum atomic E-state index is 12.3. The van der Waals surface area contributed by atoms with Crippen LogP contribution < -0.4 is 4.74 Å². The van der Waals surface area contributed by atoms with Crippen molar-refractivity contribution in [1.82, 2.24) is 4.90 Å². The molecule has 0 bridgehead atoms. The summed E-state index contributed by atoms with van der Waals surface area (Å²) in [6.45, 7) is 3.10. The van der Waals surface area contributed by atoms with Crippen molar-refractivity contribution in [3.8, 4) is 5.75 Å². The first-order valence-electron chi connectivity index (χ1n) is 5.77. The van der Waals surface area contributed by atoms with Gasteiger partial charge in [-0.1, -0.05) is 0 Å². The highest BCUT2D eigenvalue weighted by Crippen LogP contribution is 2.24. The van der Waals surface area contributed by atoms with E-state index in [4.69, 9.17) is 21.1 Å². The molecule has 0 N–H and O–H groups in total. The van der Waals surface area contributed by atoms with Crippen LogP contribution in [0.1, 0.15) is 16.6 Å². The lowest BCUT2D eigenvalue weighted by molar-refractivity contribution is -0.0569. The van der Waals surface area contributed by atoms with Gasteiger partial charge in [0, 0.05) is 24.5 Å². The van der Waals surface area contributed by atoms with E-state index < -0.39 is 0 Å². The lowest BCUT2D eigenvalue weighted by Gasteiger charge is -2.35. The van der Waals surface area contributed by atoms with Gasteiger partial charge in [0.1, 0.15) is 5.75 Å². The molecule has 1 saturated heterocycles. The molecule has 2 unspecified atom stereocenters. The summed E-state index contributed by atoms with van der Waals surface area (Å²) in [6, 6.07) is 1.77. The minimum absolute atomic E-state index is 0.0216. The van der Waals surface area contributed by atoms with Gasteiger partial charge < -0.3 is 14.4 Å². The molecule has 1 aromatic rings. The normalized spacial score (nSPS) is 24.1. The van der Waals surface area contributed by atoms with Crippen LogP contribution in [0.3, 0.4) is 0 Å². The molecule has 2 atom stereocenters. The lowest BCUT2D eigenvalue weighted by Crippen LogP contribution is -2.49. The molecule has 100 valence electrons. The summed E-state index contributed by atoms with van der Waals surface area (Å²) in [5, 5.41) is 1.83. The summed E-state index contributed by atoms with van der Waals surface area (Å²) < 4.78 is 10.7. The Hall–Kier alpha value is -0.780. The van der Waals surface area contributed by atoms with Gasteiger partial charge in [-0.3, -0.25) is 4.79 Å². The zero-order valence-electron chi connectivity index (χ0n) is 10.4. The van der Waals surface area contributed by atoms with E-state index in [2.05, 4.69) is 0 Å². The number of carbonyl (C=O) groups is 1. The largest absolute Gasteiger partial charge is 0.496 e. The molecule has 4 nitrogen and oxygen atoms in total. The topological polar surface area (TPSA) is 38.8 Å². The first-order chi connectivity index (χ1) is 8.63. The van der Waals surface area contributed by atoms with Gasteiger partial charge >= 0.3 is 0 Å². The molecular weight excluding hydrogens is 274 g/mol. The highest BCUT2D eigenvalue weighted by Gasteiger charge is 2.29. The number of morpholine rings is 1. The van der Waals surface area contributed by atoms with Gasteiger partial charge in [0.2, 0.25) is 0 Å². The Kier molecular flexibility index (Phi) is 4.48. The van der Waals surface area contributed by atoms with Crippen molar-refractivity contribution in [3.63, 3.8) is 0 Å². The molecule has 1 amide bonds. The summed E-state index contributed by atoms with van der Waals surface area (Å²) in [7, 11) is 1.59. The van der Waals surface area contributed by atoms with Crippen LogP contribution in [-0.2, 0) is 4.74 Å². The van der Waals surface area contributed by atoms with Crippen LogP contribution >= 0.6 is 22.9 Å². The van der Waals surface area contributed by atoms with Crippen molar-refractivity contribution in [2.75, 3.05) is 26.1 Å². The van der Waals surface area contributed by atoms with Crippen molar-refractivity contribution in [2.45, 2.75) is 19.1 Å². The minimum Gasteiger partial charge on any atom is -0.496 e. The average molecular weight is 290 g/mol. The van der Waals surface area contributed by atoms with E-state index in [1.54, 1.807) is 18.1 Å². The highest BCUT2D eigenvalue weighted by molar-refractivity contribution is 7.12. The minimum atomic E-state index is -0.0822. The third kappa shape index (κ3) is 2.96. The second kappa shape index (κ2) is 5.91. The molecule has 2 rings (SSSR count). The Morgan fingerprint density at radius 1 is 1.67 bits per heavy atom. The number of rotatable bonds is 3. The SMILES string of the molecule is COc1csc(C(=O)N2CC(C)OC(CCl)C2)c1. The number of halogens is 1. The first-order valence-corrected chi connectivity index (χ1v) is 7.18. The Morgan fingerprint density at radius 2 is 2.44 bits per heavy atom. The van der Waals surface area contributed by atoms with Gasteiger partial charge in [0.05, 0.1) is 30.1 Å². The van der Waals surface area contributed by atoms with Crippen molar-refractivity contribution in [1.29, 1.82) is 0 Å². The number of alkyl halides is 1. The molecule has 1 aliphatic rings. The predicted octanol–water partition coefficient (Wildman–Crippen LogP) is 2.23. The summed E-state index contributed by atoms with van der Waals surface area (Å²) in [6.07, 6.45) is -0.0606. The van der Waals surface area contributed by atoms with Crippen molar-refractivity contribution in [2.24, 2.45) is 0 Å². The van der Waals surface area contributed by atoms with Crippen LogP contribution in [0.15, 0.2) is 11.4 Å². The second-order valence-electron chi connectivity index (χ2n) is 4.28. The summed E-state index contributed by atoms with van der Waals surface area (Å²) in [5.41, 5.74) is 0. The van der Waals surface area contributed by atoms with Gasteiger partial charge in [-0.25, -0.2) is 0 Å². The molecule has 0 aliphatic carbocycles. The number of thiophene rings is 1. The van der Waals surface area contributed by atoms with Crippen molar-refractivity contribution >= 4 is 28.8 Å². The monoisotopic (exact) mass is 289 g/mol. The molecule has 2 heterocycles. The number of amides is 1. The molecule has 0 spiro atoms. The van der Waals surface area contributed by atoms with E-state index in [1.807, 2.05) is 12.3 Å². The second-order valence-corrected chi connectivity index (χ2v) is 5.50. The quantitative estimate of drug-likeness (QED) is 0.801. The zero-order valence-corrected chi connectivity index (χ0v) is 12.0. The van der Waals surface area contributed by atoms with E-state index in [-0.39, 0.29) is 18.1 Å². The van der Waals surface area contributed by atoms with Gasteiger partial charge in [-0.15, -0.1) is 22.9 Å². The molecular formula is C12H16ClNO3S. The molecule has 0 radical (unpaired) electrons. The number of methoxy groups -OCH3 is 1. The Bertz CT molecular complexity index is 423. The molecule has 18 heavy (non-hydrogen) atoms. The lowest BCUT2D eigenvalue weighted by atomic mass is 10.2. The maximum absolute atomic E-state index is 12.3. The molecule has 0 aromatic carbocycles. The Labute approximate surface area is 115 Å². The Morgan fingerprint density at radius 3 is 3.06 bits per heavy atom. The first kappa shape index (κ1) is 13.6. The number of carbonyl (C=O) groups excluding carboxylic acids is 1. The van der Waals surface area contributed by atoms with Crippen LogP contribution in [-0.4, -0.2) is 49.1 Å². The van der Waals surface area contributed by atoms with Crippen molar-refractivity contribution in [3.05, 3.63) is 16.3 Å². The third-order valence-electron chi connectivity index (χ3n) is 2.81. The summed E-state index contributed by atoms with van der Waals surface area (Å²) >= 11 is 7.20. The van der Waals surface area contributed by atoms with Crippen LogP contribution in [0.25, 0.3) is 0 Å². The number of ether oxygens (including phenoxy) is 2. The molecule has 1 fully saturated rings. The van der Waals surface area contributed by atoms with E-state index in [0.29, 0.717) is 23.8 Å². The summed E-state index contributed by atoms with van der Waals surface area (Å²) in [4.78, 5) is 14.8. The summed E-state index contributed by atoms with van der Waals surface area (Å²) in [5.74, 6) is 1.15.